The number of aromatic hydroxyl groups is 1. The Hall–Kier alpha value is -3.69. The molecule has 3 aromatic rings. The summed E-state index contributed by atoms with van der Waals surface area (Å²) in [6.07, 6.45) is 3.17. The summed E-state index contributed by atoms with van der Waals surface area (Å²) in [5.74, 6) is -0.870. The minimum Gasteiger partial charge on any atom is -0.494 e. The molecule has 1 unspecified atom stereocenters. The summed E-state index contributed by atoms with van der Waals surface area (Å²) in [6, 6.07) is 12.6. The number of carbonyl (C=O) groups is 3. The summed E-state index contributed by atoms with van der Waals surface area (Å²) in [6.45, 7) is 4.71. The first-order valence-electron chi connectivity index (χ1n) is 12.3. The molecule has 0 saturated carbocycles. The third kappa shape index (κ3) is 5.27. The number of piperidine rings is 1. The van der Waals surface area contributed by atoms with Crippen LogP contribution in [-0.4, -0.2) is 65.1 Å². The van der Waals surface area contributed by atoms with Gasteiger partial charge in [0.15, 0.2) is 5.88 Å². The number of fused-ring (bicyclic) bond motifs is 1. The van der Waals surface area contributed by atoms with E-state index in [1.807, 2.05) is 36.4 Å². The first-order valence-corrected chi connectivity index (χ1v) is 12.3. The van der Waals surface area contributed by atoms with Crippen molar-refractivity contribution in [3.8, 4) is 5.88 Å². The molecule has 3 N–H and O–H groups in total. The Balaban J connectivity index is 1.22. The van der Waals surface area contributed by atoms with Crippen LogP contribution in [-0.2, 0) is 27.3 Å². The van der Waals surface area contributed by atoms with E-state index in [0.29, 0.717) is 23.9 Å². The number of morpholine rings is 1. The zero-order valence-electron chi connectivity index (χ0n) is 20.0. The number of rotatable bonds is 7. The number of amides is 3. The molecule has 1 atom stereocenters. The molecular weight excluding hydrogens is 460 g/mol. The van der Waals surface area contributed by atoms with Crippen molar-refractivity contribution in [2.24, 2.45) is 0 Å². The van der Waals surface area contributed by atoms with E-state index in [0.717, 1.165) is 55.8 Å². The number of carbonyl (C=O) groups excluding carboxylic acids is 3. The maximum atomic E-state index is 12.8. The van der Waals surface area contributed by atoms with Crippen molar-refractivity contribution in [2.45, 2.75) is 31.8 Å². The van der Waals surface area contributed by atoms with Crippen LogP contribution in [0.4, 0.5) is 0 Å². The average molecular weight is 491 g/mol. The Morgan fingerprint density at radius 3 is 2.75 bits per heavy atom. The Labute approximate surface area is 209 Å². The van der Waals surface area contributed by atoms with Crippen LogP contribution >= 0.6 is 0 Å². The zero-order valence-corrected chi connectivity index (χ0v) is 20.0. The van der Waals surface area contributed by atoms with Crippen LogP contribution < -0.4 is 10.6 Å². The van der Waals surface area contributed by atoms with Crippen LogP contribution in [0.25, 0.3) is 10.8 Å². The molecule has 188 valence electrons. The zero-order chi connectivity index (χ0) is 25.1. The molecule has 1 aromatic heterocycles. The number of nitrogens with zero attached hydrogens (tertiary/aromatic N) is 2. The number of hydrogen-bond donors (Lipinski definition) is 3. The van der Waals surface area contributed by atoms with Gasteiger partial charge in [-0.25, -0.2) is 0 Å². The summed E-state index contributed by atoms with van der Waals surface area (Å²) in [5.41, 5.74) is 2.62. The highest BCUT2D eigenvalue weighted by Crippen LogP contribution is 2.33. The van der Waals surface area contributed by atoms with E-state index < -0.39 is 11.9 Å². The van der Waals surface area contributed by atoms with Crippen molar-refractivity contribution in [3.05, 3.63) is 65.4 Å². The number of nitrogens with one attached hydrogen (secondary N) is 2. The van der Waals surface area contributed by atoms with Gasteiger partial charge < -0.3 is 19.7 Å². The second kappa shape index (κ2) is 10.5. The van der Waals surface area contributed by atoms with Crippen LogP contribution in [0, 0.1) is 0 Å². The van der Waals surface area contributed by atoms with E-state index in [-0.39, 0.29) is 24.1 Å². The van der Waals surface area contributed by atoms with Gasteiger partial charge in [0.2, 0.25) is 11.8 Å². The molecular formula is C27H30N4O5. The smallest absolute Gasteiger partial charge is 0.251 e. The predicted octanol–water partition coefficient (Wildman–Crippen LogP) is 2.13. The molecule has 9 heteroatoms. The minimum absolute atomic E-state index is 0.0102. The molecule has 36 heavy (non-hydrogen) atoms. The Kier molecular flexibility index (Phi) is 7.02. The number of benzene rings is 2. The van der Waals surface area contributed by atoms with Crippen molar-refractivity contribution in [1.29, 1.82) is 0 Å². The molecule has 2 aromatic carbocycles. The summed E-state index contributed by atoms with van der Waals surface area (Å²) in [4.78, 5) is 38.9. The lowest BCUT2D eigenvalue weighted by atomic mass is 10.1. The Morgan fingerprint density at radius 2 is 1.94 bits per heavy atom. The van der Waals surface area contributed by atoms with Crippen molar-refractivity contribution < 1.29 is 24.2 Å². The fourth-order valence-electron chi connectivity index (χ4n) is 4.83. The lowest BCUT2D eigenvalue weighted by molar-refractivity contribution is -0.135. The molecule has 3 amide bonds. The van der Waals surface area contributed by atoms with E-state index in [1.54, 1.807) is 12.3 Å². The number of hydrogen-bond acceptors (Lipinski definition) is 6. The Morgan fingerprint density at radius 1 is 1.11 bits per heavy atom. The summed E-state index contributed by atoms with van der Waals surface area (Å²) >= 11 is 0. The molecule has 0 aliphatic carbocycles. The van der Waals surface area contributed by atoms with Crippen LogP contribution in [0.3, 0.4) is 0 Å². The summed E-state index contributed by atoms with van der Waals surface area (Å²) < 4.78 is 6.91. The van der Waals surface area contributed by atoms with Crippen LogP contribution in [0.2, 0.25) is 0 Å². The molecule has 2 aliphatic rings. The molecule has 2 aliphatic heterocycles. The largest absolute Gasteiger partial charge is 0.494 e. The number of aromatic nitrogens is 1. The van der Waals surface area contributed by atoms with Gasteiger partial charge in [-0.05, 0) is 48.2 Å². The molecule has 2 saturated heterocycles. The highest BCUT2D eigenvalue weighted by atomic mass is 16.5. The van der Waals surface area contributed by atoms with E-state index in [2.05, 4.69) is 15.5 Å². The molecule has 9 nitrogen and oxygen atoms in total. The highest BCUT2D eigenvalue weighted by Gasteiger charge is 2.30. The topological polar surface area (TPSA) is 113 Å². The van der Waals surface area contributed by atoms with Crippen LogP contribution in [0.5, 0.6) is 5.88 Å². The average Bonchev–Trinajstić information content (AvgIpc) is 3.22. The lowest BCUT2D eigenvalue weighted by Gasteiger charge is -2.26. The fourth-order valence-corrected chi connectivity index (χ4v) is 4.83. The first kappa shape index (κ1) is 24.0. The number of imide groups is 1. The highest BCUT2D eigenvalue weighted by molar-refractivity contribution is 6.00. The second-order valence-electron chi connectivity index (χ2n) is 9.34. The molecule has 3 heterocycles. The monoisotopic (exact) mass is 490 g/mol. The Bertz CT molecular complexity index is 1290. The number of ether oxygens (including phenoxy) is 1. The lowest BCUT2D eigenvalue weighted by Crippen LogP contribution is -2.41. The predicted molar refractivity (Wildman–Crippen MR) is 134 cm³/mol. The second-order valence-corrected chi connectivity index (χ2v) is 9.34. The third-order valence-electron chi connectivity index (χ3n) is 6.89. The van der Waals surface area contributed by atoms with Gasteiger partial charge in [0.25, 0.3) is 5.91 Å². The molecule has 2 fully saturated rings. The quantitative estimate of drug-likeness (QED) is 0.438. The minimum atomic E-state index is -0.631. The van der Waals surface area contributed by atoms with Crippen molar-refractivity contribution in [3.63, 3.8) is 0 Å². The molecule has 0 spiro atoms. The van der Waals surface area contributed by atoms with Gasteiger partial charge in [0.05, 0.1) is 13.2 Å². The molecule has 5 rings (SSSR count). The maximum absolute atomic E-state index is 12.8. The van der Waals surface area contributed by atoms with Crippen molar-refractivity contribution in [1.82, 2.24) is 20.1 Å². The fraction of sp³-hybridized carbons (Fsp3) is 0.370. The van der Waals surface area contributed by atoms with Crippen molar-refractivity contribution in [2.75, 3.05) is 32.8 Å². The molecule has 0 bridgehead atoms. The van der Waals surface area contributed by atoms with Gasteiger partial charge >= 0.3 is 0 Å². The molecule has 0 radical (unpaired) electrons. The standard InChI is InChI=1S/C27H30N4O5/c32-24-7-6-23(26(34)29-24)31-17-21-15-19(4-5-22(21)27(31)35)16-28-25(33)20-3-1-2-18(14-20)8-9-30-10-12-36-13-11-30/h1-5,14-15,17,23,35H,6-13,16H2,(H,28,33)(H,29,32,34). The SMILES string of the molecule is O=C1CCC(n2cc3cc(CNC(=O)c4cccc(CCN5CCOCC5)c4)ccc3c2O)C(=O)N1. The van der Waals surface area contributed by atoms with Crippen molar-refractivity contribution >= 4 is 28.5 Å². The third-order valence-corrected chi connectivity index (χ3v) is 6.89. The summed E-state index contributed by atoms with van der Waals surface area (Å²) in [7, 11) is 0. The first-order chi connectivity index (χ1) is 17.5. The van der Waals surface area contributed by atoms with E-state index in [9.17, 15) is 19.5 Å². The van der Waals surface area contributed by atoms with Crippen LogP contribution in [0.1, 0.15) is 40.4 Å². The summed E-state index contributed by atoms with van der Waals surface area (Å²) in [5, 5.41) is 17.3. The van der Waals surface area contributed by atoms with Gasteiger partial charge in [-0.15, -0.1) is 0 Å². The van der Waals surface area contributed by atoms with E-state index in [4.69, 9.17) is 4.74 Å². The van der Waals surface area contributed by atoms with Gasteiger partial charge in [-0.1, -0.05) is 18.2 Å². The van der Waals surface area contributed by atoms with Gasteiger partial charge in [-0.3, -0.25) is 24.6 Å². The van der Waals surface area contributed by atoms with Gasteiger partial charge in [-0.2, -0.15) is 0 Å². The normalized spacial score (nSPS) is 18.8. The van der Waals surface area contributed by atoms with E-state index >= 15 is 0 Å². The maximum Gasteiger partial charge on any atom is 0.251 e. The van der Waals surface area contributed by atoms with Gasteiger partial charge in [0.1, 0.15) is 6.04 Å². The van der Waals surface area contributed by atoms with Gasteiger partial charge in [0, 0.05) is 55.1 Å². The van der Waals surface area contributed by atoms with Crippen LogP contribution in [0.15, 0.2) is 48.7 Å². The van der Waals surface area contributed by atoms with E-state index in [1.165, 1.54) is 4.57 Å².